The molecule has 0 spiro atoms. The zero-order chi connectivity index (χ0) is 49.7. The Hall–Kier alpha value is -5.74. The van der Waals surface area contributed by atoms with Crippen LogP contribution < -0.4 is 4.74 Å². The van der Waals surface area contributed by atoms with Gasteiger partial charge in [0, 0.05) is 24.2 Å². The molecule has 9 nitrogen and oxygen atoms in total. The maximum absolute atomic E-state index is 11.8. The van der Waals surface area contributed by atoms with E-state index in [1.807, 2.05) is 32.0 Å². The van der Waals surface area contributed by atoms with Crippen molar-refractivity contribution >= 4 is 33.5 Å². The van der Waals surface area contributed by atoms with Crippen LogP contribution in [0.15, 0.2) is 121 Å². The van der Waals surface area contributed by atoms with Crippen LogP contribution >= 0.6 is 0 Å². The van der Waals surface area contributed by atoms with Crippen molar-refractivity contribution < 1.29 is 34.4 Å². The van der Waals surface area contributed by atoms with Crippen LogP contribution in [-0.2, 0) is 27.4 Å². The number of esters is 1. The molecule has 376 valence electrons. The quantitative estimate of drug-likeness (QED) is 0.109. The highest BCUT2D eigenvalue weighted by Crippen LogP contribution is 2.39. The monoisotopic (exact) mass is 961 g/mol. The highest BCUT2D eigenvalue weighted by molar-refractivity contribution is 5.91. The summed E-state index contributed by atoms with van der Waals surface area (Å²) in [6.45, 7) is 11.3. The minimum atomic E-state index is -0.657. The number of nitrogens with zero attached hydrogens (tertiary/aromatic N) is 2. The summed E-state index contributed by atoms with van der Waals surface area (Å²) >= 11 is 0. The predicted octanol–water partition coefficient (Wildman–Crippen LogP) is 12.9. The minimum absolute atomic E-state index is 0.0181. The number of aliphatic hydroxyl groups is 1. The number of carbonyl (C=O) groups excluding carboxylic acids is 1. The van der Waals surface area contributed by atoms with E-state index in [0.29, 0.717) is 30.7 Å². The number of phenolic OH excluding ortho intramolecular Hbond substituents is 1. The first-order valence-electron chi connectivity index (χ1n) is 26.5. The smallest absolute Gasteiger partial charge is 0.309 e. The van der Waals surface area contributed by atoms with E-state index >= 15 is 0 Å². The second-order valence-corrected chi connectivity index (χ2v) is 20.6. The number of piperidine rings is 2. The number of carboxylic acid groups (broad SMARTS) is 1. The number of aliphatic hydroxyl groups excluding tert-OH is 1. The Morgan fingerprint density at radius 1 is 0.549 bits per heavy atom. The van der Waals surface area contributed by atoms with Gasteiger partial charge >= 0.3 is 11.9 Å². The third-order valence-electron chi connectivity index (χ3n) is 15.8. The van der Waals surface area contributed by atoms with Crippen molar-refractivity contribution in [2.75, 3.05) is 32.8 Å². The van der Waals surface area contributed by atoms with Crippen LogP contribution in [0.2, 0.25) is 0 Å². The first kappa shape index (κ1) is 51.6. The molecule has 9 heteroatoms. The summed E-state index contributed by atoms with van der Waals surface area (Å²) in [6, 6.07) is 42.4. The lowest BCUT2D eigenvalue weighted by Gasteiger charge is -2.33. The first-order valence-corrected chi connectivity index (χ1v) is 26.5. The summed E-state index contributed by atoms with van der Waals surface area (Å²) in [5.74, 6) is 1.78. The Bertz CT molecular complexity index is 2640. The number of aliphatic carboxylic acids is 1. The summed E-state index contributed by atoms with van der Waals surface area (Å²) in [4.78, 5) is 27.9. The molecule has 0 unspecified atom stereocenters. The highest BCUT2D eigenvalue weighted by atomic mass is 16.5. The summed E-state index contributed by atoms with van der Waals surface area (Å²) < 4.78 is 11.9. The molecular formula is C62H76N2O7. The molecule has 10 rings (SSSR count). The molecule has 4 fully saturated rings. The third-order valence-corrected chi connectivity index (χ3v) is 15.8. The number of hydrogen-bond donors (Lipinski definition) is 3. The van der Waals surface area contributed by atoms with Crippen molar-refractivity contribution in [3.05, 3.63) is 155 Å². The number of phenols is 1. The first-order chi connectivity index (χ1) is 34.5. The number of aryl methyl sites for hydroxylation is 2. The fourth-order valence-corrected chi connectivity index (χ4v) is 11.5. The summed E-state index contributed by atoms with van der Waals surface area (Å²) in [6.07, 6.45) is 12.0. The number of aromatic hydroxyl groups is 1. The van der Waals surface area contributed by atoms with Crippen LogP contribution in [0.4, 0.5) is 0 Å². The van der Waals surface area contributed by atoms with Gasteiger partial charge in [0.15, 0.2) is 0 Å². The van der Waals surface area contributed by atoms with E-state index in [-0.39, 0.29) is 30.0 Å². The molecule has 2 aliphatic carbocycles. The van der Waals surface area contributed by atoms with Crippen LogP contribution in [0.3, 0.4) is 0 Å². The summed E-state index contributed by atoms with van der Waals surface area (Å²) in [5.41, 5.74) is 7.46. The van der Waals surface area contributed by atoms with Crippen molar-refractivity contribution in [1.82, 2.24) is 9.80 Å². The van der Waals surface area contributed by atoms with Crippen molar-refractivity contribution in [2.24, 2.45) is 11.8 Å². The van der Waals surface area contributed by atoms with Gasteiger partial charge in [0.1, 0.15) is 11.5 Å². The van der Waals surface area contributed by atoms with Crippen LogP contribution in [0.25, 0.3) is 21.5 Å². The van der Waals surface area contributed by atoms with E-state index in [4.69, 9.17) is 9.47 Å². The van der Waals surface area contributed by atoms with Crippen LogP contribution in [0, 0.1) is 25.7 Å². The molecule has 0 bridgehead atoms. The molecule has 2 heterocycles. The van der Waals surface area contributed by atoms with E-state index in [1.165, 1.54) is 51.3 Å². The largest absolute Gasteiger partial charge is 0.508 e. The zero-order valence-corrected chi connectivity index (χ0v) is 42.3. The number of fused-ring (bicyclic) bond motifs is 2. The van der Waals surface area contributed by atoms with Gasteiger partial charge in [-0.05, 0) is 192 Å². The lowest BCUT2D eigenvalue weighted by molar-refractivity contribution is -0.149. The molecule has 0 atom stereocenters. The van der Waals surface area contributed by atoms with Gasteiger partial charge in [-0.2, -0.15) is 0 Å². The normalized spacial score (nSPS) is 21.4. The predicted molar refractivity (Wildman–Crippen MR) is 285 cm³/mol. The van der Waals surface area contributed by atoms with Gasteiger partial charge in [-0.3, -0.25) is 19.4 Å². The van der Waals surface area contributed by atoms with Crippen molar-refractivity contribution in [1.29, 1.82) is 0 Å². The SMILES string of the molecule is CCOC(=O)C1CCN(Cc2c(O)cc(C)c3ccccc23)CC1.Cc1cc(OC2CCC(c3ccccc3)CC2)c(CN2CCC(C(=O)O)CC2)c2ccccc12.OC1CCC(c2ccccc2)CC1. The molecule has 2 aliphatic heterocycles. The highest BCUT2D eigenvalue weighted by Gasteiger charge is 2.29. The molecule has 6 aromatic carbocycles. The van der Waals surface area contributed by atoms with E-state index in [0.717, 1.165) is 119 Å². The van der Waals surface area contributed by atoms with E-state index in [9.17, 15) is 24.9 Å². The van der Waals surface area contributed by atoms with Crippen molar-refractivity contribution in [3.8, 4) is 11.5 Å². The van der Waals surface area contributed by atoms with Gasteiger partial charge in [0.2, 0.25) is 0 Å². The lowest BCUT2D eigenvalue weighted by atomic mass is 9.83. The maximum Gasteiger partial charge on any atom is 0.309 e. The number of benzene rings is 6. The topological polar surface area (TPSA) is 120 Å². The average molecular weight is 961 g/mol. The Labute approximate surface area is 421 Å². The zero-order valence-electron chi connectivity index (χ0n) is 42.3. The lowest BCUT2D eigenvalue weighted by Crippen LogP contribution is -2.36. The van der Waals surface area contributed by atoms with Gasteiger partial charge < -0.3 is 24.8 Å². The van der Waals surface area contributed by atoms with Crippen LogP contribution in [0.1, 0.15) is 129 Å². The van der Waals surface area contributed by atoms with Gasteiger partial charge in [-0.25, -0.2) is 0 Å². The van der Waals surface area contributed by atoms with Crippen LogP contribution in [-0.4, -0.2) is 82.1 Å². The molecule has 0 amide bonds. The van der Waals surface area contributed by atoms with E-state index in [1.54, 1.807) is 0 Å². The molecule has 2 saturated heterocycles. The number of hydrogen-bond acceptors (Lipinski definition) is 8. The molecule has 2 saturated carbocycles. The summed E-state index contributed by atoms with van der Waals surface area (Å²) in [5, 5.41) is 34.0. The molecule has 0 aromatic heterocycles. The van der Waals surface area contributed by atoms with E-state index in [2.05, 4.69) is 120 Å². The fourth-order valence-electron chi connectivity index (χ4n) is 11.5. The van der Waals surface area contributed by atoms with Crippen molar-refractivity contribution in [3.63, 3.8) is 0 Å². The second kappa shape index (κ2) is 25.1. The Morgan fingerprint density at radius 3 is 1.49 bits per heavy atom. The number of carbonyl (C=O) groups is 2. The van der Waals surface area contributed by atoms with E-state index < -0.39 is 5.97 Å². The van der Waals surface area contributed by atoms with Gasteiger partial charge in [-0.15, -0.1) is 0 Å². The molecule has 71 heavy (non-hydrogen) atoms. The second-order valence-electron chi connectivity index (χ2n) is 20.6. The standard InChI is InChI=1S/C30H35NO3.C20H25NO3.C12H16O/c1-21-19-29(34-25-13-11-23(12-14-25)22-7-3-2-4-8-22)28(27-10-6-5-9-26(21)27)20-31-17-15-24(16-18-31)30(32)33;1-3-24-20(23)15-8-10-21(11-9-15)13-18-17-7-5-4-6-16(17)14(2)12-19(18)22;13-12-8-6-11(7-9-12)10-4-2-1-3-5-10/h2-10,19,23-25H,11-18,20H2,1H3,(H,32,33);4-7,12,15,22H,3,8-11,13H2,1-2H3;1-5,11-13H,6-9H2. The maximum atomic E-state index is 11.8. The molecule has 6 aromatic rings. The van der Waals surface area contributed by atoms with Crippen LogP contribution in [0.5, 0.6) is 11.5 Å². The molecule has 4 aliphatic rings. The third kappa shape index (κ3) is 13.6. The molecular weight excluding hydrogens is 885 g/mol. The van der Waals surface area contributed by atoms with Gasteiger partial charge in [0.05, 0.1) is 30.7 Å². The Morgan fingerprint density at radius 2 is 0.986 bits per heavy atom. The number of carboxylic acids is 1. The number of likely N-dealkylation sites (tertiary alicyclic amines) is 2. The van der Waals surface area contributed by atoms with Gasteiger partial charge in [-0.1, -0.05) is 109 Å². The average Bonchev–Trinajstić information content (AvgIpc) is 3.40. The molecule has 3 N–H and O–H groups in total. The van der Waals surface area contributed by atoms with Gasteiger partial charge in [0.25, 0.3) is 0 Å². The molecule has 0 radical (unpaired) electrons. The summed E-state index contributed by atoms with van der Waals surface area (Å²) in [7, 11) is 0. The Kier molecular flexibility index (Phi) is 18.2. The minimum Gasteiger partial charge on any atom is -0.508 e. The Balaban J connectivity index is 0.000000158. The number of ether oxygens (including phenoxy) is 2. The fraction of sp³-hybridized carbons (Fsp3) is 0.452. The van der Waals surface area contributed by atoms with Crippen molar-refractivity contribution in [2.45, 2.75) is 135 Å². The number of rotatable bonds is 11.